The number of rotatable bonds is 0. The second-order valence-corrected chi connectivity index (χ2v) is 4.55. The van der Waals surface area contributed by atoms with Gasteiger partial charge >= 0.3 is 6.18 Å². The van der Waals surface area contributed by atoms with Crippen molar-refractivity contribution in [2.75, 3.05) is 18.0 Å². The number of hydrogen-bond donors (Lipinski definition) is 1. The number of halogens is 3. The van der Waals surface area contributed by atoms with Crippen molar-refractivity contribution in [2.45, 2.75) is 18.6 Å². The Morgan fingerprint density at radius 2 is 2.11 bits per heavy atom. The van der Waals surface area contributed by atoms with Gasteiger partial charge in [0, 0.05) is 25.2 Å². The molecule has 1 atom stereocenters. The van der Waals surface area contributed by atoms with Crippen molar-refractivity contribution in [3.05, 3.63) is 29.3 Å². The molecule has 0 aliphatic carbocycles. The van der Waals surface area contributed by atoms with Gasteiger partial charge in [-0.25, -0.2) is 0 Å². The minimum absolute atomic E-state index is 0.106. The van der Waals surface area contributed by atoms with Crippen LogP contribution >= 0.6 is 0 Å². The van der Waals surface area contributed by atoms with Crippen molar-refractivity contribution in [1.29, 1.82) is 0 Å². The molecular formula is C12H11F3N2O. The molecule has 1 aromatic rings. The molecule has 1 amide bonds. The van der Waals surface area contributed by atoms with Crippen LogP contribution in [0.4, 0.5) is 18.9 Å². The Labute approximate surface area is 102 Å². The maximum Gasteiger partial charge on any atom is 0.416 e. The number of carbonyl (C=O) groups excluding carboxylic acids is 1. The van der Waals surface area contributed by atoms with Gasteiger partial charge in [-0.15, -0.1) is 0 Å². The molecule has 0 aromatic heterocycles. The van der Waals surface area contributed by atoms with Crippen molar-refractivity contribution in [3.8, 4) is 0 Å². The SMILES string of the molecule is O=C1NCCN2c3cc(C(F)(F)F)ccc3CC12. The summed E-state index contributed by atoms with van der Waals surface area (Å²) in [5.41, 5.74) is 0.697. The van der Waals surface area contributed by atoms with Crippen molar-refractivity contribution in [2.24, 2.45) is 0 Å². The molecule has 3 nitrogen and oxygen atoms in total. The smallest absolute Gasteiger partial charge is 0.357 e. The van der Waals surface area contributed by atoms with E-state index in [4.69, 9.17) is 0 Å². The Hall–Kier alpha value is -1.72. The molecule has 0 bridgehead atoms. The third-order valence-electron chi connectivity index (χ3n) is 3.47. The first-order valence-corrected chi connectivity index (χ1v) is 5.71. The summed E-state index contributed by atoms with van der Waals surface area (Å²) in [6, 6.07) is 3.35. The Bertz CT molecular complexity index is 513. The fourth-order valence-electron chi connectivity index (χ4n) is 2.59. The average Bonchev–Trinajstić information content (AvgIpc) is 2.67. The first-order valence-electron chi connectivity index (χ1n) is 5.71. The first-order chi connectivity index (χ1) is 8.47. The number of hydrogen-bond acceptors (Lipinski definition) is 2. The molecule has 3 rings (SSSR count). The van der Waals surface area contributed by atoms with Crippen molar-refractivity contribution in [1.82, 2.24) is 5.32 Å². The Kier molecular flexibility index (Phi) is 2.30. The van der Waals surface area contributed by atoms with E-state index in [2.05, 4.69) is 5.32 Å². The van der Waals surface area contributed by atoms with Crippen LogP contribution in [0.5, 0.6) is 0 Å². The highest BCUT2D eigenvalue weighted by Crippen LogP contribution is 2.38. The molecule has 6 heteroatoms. The van der Waals surface area contributed by atoms with Crippen LogP contribution < -0.4 is 10.2 Å². The number of nitrogens with zero attached hydrogens (tertiary/aromatic N) is 1. The monoisotopic (exact) mass is 256 g/mol. The summed E-state index contributed by atoms with van der Waals surface area (Å²) in [6.45, 7) is 1.04. The Morgan fingerprint density at radius 3 is 2.83 bits per heavy atom. The highest BCUT2D eigenvalue weighted by Gasteiger charge is 2.39. The lowest BCUT2D eigenvalue weighted by Crippen LogP contribution is -2.53. The minimum atomic E-state index is -4.34. The highest BCUT2D eigenvalue weighted by molar-refractivity contribution is 5.89. The molecule has 2 aliphatic rings. The van der Waals surface area contributed by atoms with E-state index < -0.39 is 11.7 Å². The molecule has 1 N–H and O–H groups in total. The predicted octanol–water partition coefficient (Wildman–Crippen LogP) is 1.57. The number of benzene rings is 1. The number of anilines is 1. The molecule has 1 fully saturated rings. The quantitative estimate of drug-likeness (QED) is 0.764. The fraction of sp³-hybridized carbons (Fsp3) is 0.417. The number of fused-ring (bicyclic) bond motifs is 3. The molecule has 1 aromatic carbocycles. The average molecular weight is 256 g/mol. The third-order valence-corrected chi connectivity index (χ3v) is 3.47. The van der Waals surface area contributed by atoms with Gasteiger partial charge in [0.2, 0.25) is 5.91 Å². The van der Waals surface area contributed by atoms with Gasteiger partial charge in [-0.05, 0) is 17.7 Å². The molecule has 0 saturated carbocycles. The van der Waals surface area contributed by atoms with E-state index in [-0.39, 0.29) is 11.9 Å². The molecular weight excluding hydrogens is 245 g/mol. The lowest BCUT2D eigenvalue weighted by molar-refractivity contribution is -0.137. The van der Waals surface area contributed by atoms with Gasteiger partial charge in [-0.3, -0.25) is 4.79 Å². The normalized spacial score (nSPS) is 22.5. The predicted molar refractivity (Wildman–Crippen MR) is 59.3 cm³/mol. The van der Waals surface area contributed by atoms with Crippen LogP contribution in [-0.2, 0) is 17.4 Å². The lowest BCUT2D eigenvalue weighted by Gasteiger charge is -2.31. The van der Waals surface area contributed by atoms with E-state index in [1.165, 1.54) is 6.07 Å². The van der Waals surface area contributed by atoms with Gasteiger partial charge in [0.25, 0.3) is 0 Å². The van der Waals surface area contributed by atoms with Crippen LogP contribution in [0.25, 0.3) is 0 Å². The van der Waals surface area contributed by atoms with Crippen LogP contribution in [0.2, 0.25) is 0 Å². The van der Waals surface area contributed by atoms with Gasteiger partial charge in [0.15, 0.2) is 0 Å². The van der Waals surface area contributed by atoms with E-state index >= 15 is 0 Å². The van der Waals surface area contributed by atoms with E-state index in [0.29, 0.717) is 25.2 Å². The lowest BCUT2D eigenvalue weighted by atomic mass is 10.1. The summed E-state index contributed by atoms with van der Waals surface area (Å²) in [5, 5.41) is 2.73. The van der Waals surface area contributed by atoms with E-state index in [0.717, 1.165) is 17.7 Å². The topological polar surface area (TPSA) is 32.3 Å². The summed E-state index contributed by atoms with van der Waals surface area (Å²) in [5.74, 6) is -0.106. The van der Waals surface area contributed by atoms with Gasteiger partial charge in [0.05, 0.1) is 5.56 Å². The zero-order chi connectivity index (χ0) is 12.9. The second kappa shape index (κ2) is 3.63. The summed E-state index contributed by atoms with van der Waals surface area (Å²) in [7, 11) is 0. The summed E-state index contributed by atoms with van der Waals surface area (Å²) < 4.78 is 38.0. The Balaban J connectivity index is 2.02. The van der Waals surface area contributed by atoms with Crippen LogP contribution in [0.3, 0.4) is 0 Å². The van der Waals surface area contributed by atoms with Gasteiger partial charge in [-0.2, -0.15) is 13.2 Å². The number of carbonyl (C=O) groups is 1. The molecule has 1 unspecified atom stereocenters. The molecule has 2 heterocycles. The van der Waals surface area contributed by atoms with Gasteiger partial charge in [-0.1, -0.05) is 6.07 Å². The Morgan fingerprint density at radius 1 is 1.33 bits per heavy atom. The van der Waals surface area contributed by atoms with Crippen molar-refractivity contribution >= 4 is 11.6 Å². The first kappa shape index (κ1) is 11.4. The van der Waals surface area contributed by atoms with Crippen molar-refractivity contribution in [3.63, 3.8) is 0 Å². The molecule has 18 heavy (non-hydrogen) atoms. The summed E-state index contributed by atoms with van der Waals surface area (Å²) in [4.78, 5) is 13.4. The van der Waals surface area contributed by atoms with E-state index in [1.807, 2.05) is 0 Å². The maximum absolute atomic E-state index is 12.7. The summed E-state index contributed by atoms with van der Waals surface area (Å²) in [6.07, 6.45) is -3.86. The van der Waals surface area contributed by atoms with Gasteiger partial charge in [0.1, 0.15) is 6.04 Å². The third kappa shape index (κ3) is 1.63. The zero-order valence-corrected chi connectivity index (χ0v) is 9.42. The molecule has 96 valence electrons. The maximum atomic E-state index is 12.7. The number of piperazine rings is 1. The summed E-state index contributed by atoms with van der Waals surface area (Å²) >= 11 is 0. The largest absolute Gasteiger partial charge is 0.416 e. The van der Waals surface area contributed by atoms with Crippen molar-refractivity contribution < 1.29 is 18.0 Å². The highest BCUT2D eigenvalue weighted by atomic mass is 19.4. The number of nitrogens with one attached hydrogen (secondary N) is 1. The van der Waals surface area contributed by atoms with Gasteiger partial charge < -0.3 is 10.2 Å². The van der Waals surface area contributed by atoms with E-state index in [9.17, 15) is 18.0 Å². The van der Waals surface area contributed by atoms with Crippen LogP contribution in [0, 0.1) is 0 Å². The fourth-order valence-corrected chi connectivity index (χ4v) is 2.59. The van der Waals surface area contributed by atoms with Crippen LogP contribution in [0.1, 0.15) is 11.1 Å². The van der Waals surface area contributed by atoms with E-state index in [1.54, 1.807) is 4.90 Å². The van der Waals surface area contributed by atoms with Crippen LogP contribution in [-0.4, -0.2) is 25.0 Å². The number of alkyl halides is 3. The number of amides is 1. The second-order valence-electron chi connectivity index (χ2n) is 4.55. The molecule has 1 saturated heterocycles. The standard InChI is InChI=1S/C12H11F3N2O/c13-12(14,15)8-2-1-7-5-10-11(18)16-3-4-17(10)9(7)6-8/h1-2,6,10H,3-5H2,(H,16,18). The molecule has 0 spiro atoms. The minimum Gasteiger partial charge on any atom is -0.357 e. The van der Waals surface area contributed by atoms with Crippen LogP contribution in [0.15, 0.2) is 18.2 Å². The molecule has 2 aliphatic heterocycles. The zero-order valence-electron chi connectivity index (χ0n) is 9.42. The molecule has 0 radical (unpaired) electrons.